The van der Waals surface area contributed by atoms with Gasteiger partial charge in [0.1, 0.15) is 11.2 Å². The molecular weight excluding hydrogens is 224 g/mol. The van der Waals surface area contributed by atoms with Gasteiger partial charge in [0.2, 0.25) is 0 Å². The first kappa shape index (κ1) is 13.7. The molecule has 1 aliphatic carbocycles. The molecule has 1 fully saturated rings. The monoisotopic (exact) mass is 242 g/mol. The largest absolute Gasteiger partial charge is 0.469 e. The summed E-state index contributed by atoms with van der Waals surface area (Å²) >= 11 is 0. The highest BCUT2D eigenvalue weighted by Crippen LogP contribution is 2.38. The van der Waals surface area contributed by atoms with Gasteiger partial charge in [-0.15, -0.1) is 0 Å². The predicted octanol–water partition coefficient (Wildman–Crippen LogP) is 1.24. The molecule has 1 rings (SSSR count). The molecule has 1 saturated carbocycles. The summed E-state index contributed by atoms with van der Waals surface area (Å²) < 4.78 is 9.25. The first-order valence-electron chi connectivity index (χ1n) is 5.75. The second-order valence-corrected chi connectivity index (χ2v) is 4.28. The molecule has 5 nitrogen and oxygen atoms in total. The van der Waals surface area contributed by atoms with Crippen molar-refractivity contribution in [1.82, 2.24) is 0 Å². The van der Waals surface area contributed by atoms with Gasteiger partial charge in [-0.1, -0.05) is 6.42 Å². The zero-order valence-corrected chi connectivity index (χ0v) is 10.3. The average Bonchev–Trinajstić information content (AvgIpc) is 2.36. The van der Waals surface area contributed by atoms with Gasteiger partial charge in [0.15, 0.2) is 0 Å². The Labute approximate surface area is 100 Å². The van der Waals surface area contributed by atoms with Crippen molar-refractivity contribution in [2.45, 2.75) is 38.5 Å². The molecule has 0 aromatic carbocycles. The van der Waals surface area contributed by atoms with Crippen LogP contribution in [0.15, 0.2) is 0 Å². The summed E-state index contributed by atoms with van der Waals surface area (Å²) in [6.07, 6.45) is 2.71. The van der Waals surface area contributed by atoms with Crippen molar-refractivity contribution in [1.29, 1.82) is 0 Å². The summed E-state index contributed by atoms with van der Waals surface area (Å²) in [4.78, 5) is 34.9. The number of methoxy groups -OCH3 is 2. The number of hydrogen-bond acceptors (Lipinski definition) is 5. The maximum atomic E-state index is 12.0. The number of rotatable bonds is 4. The van der Waals surface area contributed by atoms with Crippen molar-refractivity contribution in [3.05, 3.63) is 0 Å². The highest BCUT2D eigenvalue weighted by atomic mass is 16.5. The first-order chi connectivity index (χ1) is 8.06. The van der Waals surface area contributed by atoms with Crippen molar-refractivity contribution in [3.8, 4) is 0 Å². The molecule has 1 aliphatic rings. The van der Waals surface area contributed by atoms with Gasteiger partial charge in [-0.2, -0.15) is 0 Å². The van der Waals surface area contributed by atoms with Crippen LogP contribution in [0.3, 0.4) is 0 Å². The van der Waals surface area contributed by atoms with Crippen molar-refractivity contribution in [2.24, 2.45) is 5.41 Å². The van der Waals surface area contributed by atoms with E-state index in [2.05, 4.69) is 4.74 Å². The summed E-state index contributed by atoms with van der Waals surface area (Å²) in [6, 6.07) is 0. The Morgan fingerprint density at radius 2 is 1.94 bits per heavy atom. The van der Waals surface area contributed by atoms with E-state index in [4.69, 9.17) is 4.74 Å². The van der Waals surface area contributed by atoms with Gasteiger partial charge < -0.3 is 9.47 Å². The number of ketones is 1. The number of esters is 2. The van der Waals surface area contributed by atoms with Crippen LogP contribution in [0.2, 0.25) is 0 Å². The minimum Gasteiger partial charge on any atom is -0.469 e. The lowest BCUT2D eigenvalue weighted by Crippen LogP contribution is -2.43. The van der Waals surface area contributed by atoms with E-state index in [1.54, 1.807) is 0 Å². The van der Waals surface area contributed by atoms with Crippen LogP contribution >= 0.6 is 0 Å². The molecule has 1 atom stereocenters. The topological polar surface area (TPSA) is 69.7 Å². The highest BCUT2D eigenvalue weighted by molar-refractivity contribution is 6.04. The Kier molecular flexibility index (Phi) is 4.66. The standard InChI is InChI=1S/C12H18O5/c1-16-10(14)6-8-12(11(15)17-2)7-4-3-5-9(12)13/h3-8H2,1-2H3/t12-/m0/s1. The van der Waals surface area contributed by atoms with Crippen LogP contribution in [-0.2, 0) is 23.9 Å². The summed E-state index contributed by atoms with van der Waals surface area (Å²) in [5.74, 6) is -1.04. The molecule has 0 aliphatic heterocycles. The summed E-state index contributed by atoms with van der Waals surface area (Å²) in [5, 5.41) is 0. The molecule has 0 aromatic heterocycles. The minimum absolute atomic E-state index is 0.0668. The average molecular weight is 242 g/mol. The van der Waals surface area contributed by atoms with Crippen molar-refractivity contribution in [2.75, 3.05) is 14.2 Å². The lowest BCUT2D eigenvalue weighted by atomic mass is 9.70. The van der Waals surface area contributed by atoms with Crippen LogP contribution in [0.25, 0.3) is 0 Å². The maximum Gasteiger partial charge on any atom is 0.319 e. The lowest BCUT2D eigenvalue weighted by Gasteiger charge is -2.32. The van der Waals surface area contributed by atoms with Gasteiger partial charge in [0.05, 0.1) is 14.2 Å². The number of hydrogen-bond donors (Lipinski definition) is 0. The van der Waals surface area contributed by atoms with E-state index in [0.717, 1.165) is 12.8 Å². The molecule has 0 saturated heterocycles. The van der Waals surface area contributed by atoms with E-state index >= 15 is 0 Å². The molecule has 96 valence electrons. The quantitative estimate of drug-likeness (QED) is 0.548. The third kappa shape index (κ3) is 2.84. The van der Waals surface area contributed by atoms with E-state index in [0.29, 0.717) is 12.8 Å². The number of carbonyl (C=O) groups is 3. The van der Waals surface area contributed by atoms with Gasteiger partial charge in [0, 0.05) is 12.8 Å². The third-order valence-electron chi connectivity index (χ3n) is 3.35. The lowest BCUT2D eigenvalue weighted by molar-refractivity contribution is -0.161. The van der Waals surface area contributed by atoms with Crippen LogP contribution in [-0.4, -0.2) is 31.9 Å². The van der Waals surface area contributed by atoms with Gasteiger partial charge >= 0.3 is 11.9 Å². The maximum absolute atomic E-state index is 12.0. The van der Waals surface area contributed by atoms with E-state index in [1.807, 2.05) is 0 Å². The third-order valence-corrected chi connectivity index (χ3v) is 3.35. The Bertz CT molecular complexity index is 313. The van der Waals surface area contributed by atoms with Crippen molar-refractivity contribution in [3.63, 3.8) is 0 Å². The Hall–Kier alpha value is -1.39. The molecule has 5 heteroatoms. The fourth-order valence-electron chi connectivity index (χ4n) is 2.29. The molecule has 0 spiro atoms. The van der Waals surface area contributed by atoms with Crippen LogP contribution in [0.1, 0.15) is 38.5 Å². The second kappa shape index (κ2) is 5.80. The van der Waals surface area contributed by atoms with Gasteiger partial charge in [0.25, 0.3) is 0 Å². The molecule has 0 radical (unpaired) electrons. The zero-order valence-electron chi connectivity index (χ0n) is 10.3. The Balaban J connectivity index is 2.81. The first-order valence-corrected chi connectivity index (χ1v) is 5.75. The van der Waals surface area contributed by atoms with E-state index in [1.165, 1.54) is 14.2 Å². The Morgan fingerprint density at radius 1 is 1.24 bits per heavy atom. The van der Waals surface area contributed by atoms with Gasteiger partial charge in [-0.05, 0) is 19.3 Å². The summed E-state index contributed by atoms with van der Waals surface area (Å²) in [5.41, 5.74) is -1.12. The molecule has 0 unspecified atom stereocenters. The number of ether oxygens (including phenoxy) is 2. The Morgan fingerprint density at radius 3 is 2.47 bits per heavy atom. The van der Waals surface area contributed by atoms with Crippen molar-refractivity contribution < 1.29 is 23.9 Å². The highest BCUT2D eigenvalue weighted by Gasteiger charge is 2.47. The van der Waals surface area contributed by atoms with Crippen molar-refractivity contribution >= 4 is 17.7 Å². The van der Waals surface area contributed by atoms with Crippen LogP contribution in [0, 0.1) is 5.41 Å². The molecule has 0 bridgehead atoms. The van der Waals surface area contributed by atoms with Crippen LogP contribution < -0.4 is 0 Å². The summed E-state index contributed by atoms with van der Waals surface area (Å²) in [6.45, 7) is 0. The molecule has 0 N–H and O–H groups in total. The van der Waals surface area contributed by atoms with E-state index in [9.17, 15) is 14.4 Å². The van der Waals surface area contributed by atoms with E-state index in [-0.39, 0.29) is 18.6 Å². The molecule has 0 amide bonds. The fourth-order valence-corrected chi connectivity index (χ4v) is 2.29. The number of Topliss-reactive ketones (excluding diaryl/α,β-unsaturated/α-hetero) is 1. The number of carbonyl (C=O) groups excluding carboxylic acids is 3. The molecule has 0 heterocycles. The minimum atomic E-state index is -1.12. The van der Waals surface area contributed by atoms with E-state index < -0.39 is 17.4 Å². The normalized spacial score (nSPS) is 24.2. The van der Waals surface area contributed by atoms with Gasteiger partial charge in [-0.25, -0.2) is 0 Å². The van der Waals surface area contributed by atoms with Gasteiger partial charge in [-0.3, -0.25) is 14.4 Å². The van der Waals surface area contributed by atoms with Crippen LogP contribution in [0.4, 0.5) is 0 Å². The SMILES string of the molecule is COC(=O)CC[C@@]1(C(=O)OC)CCCCC1=O. The predicted molar refractivity (Wildman–Crippen MR) is 59.2 cm³/mol. The molecule has 0 aromatic rings. The smallest absolute Gasteiger partial charge is 0.319 e. The summed E-state index contributed by atoms with van der Waals surface area (Å²) in [7, 11) is 2.56. The van der Waals surface area contributed by atoms with Crippen LogP contribution in [0.5, 0.6) is 0 Å². The zero-order chi connectivity index (χ0) is 12.9. The molecular formula is C12H18O5. The fraction of sp³-hybridized carbons (Fsp3) is 0.750. The molecule has 17 heavy (non-hydrogen) atoms. The second-order valence-electron chi connectivity index (χ2n) is 4.28.